The molecular formula is C51H35NO. The summed E-state index contributed by atoms with van der Waals surface area (Å²) in [7, 11) is 0. The van der Waals surface area contributed by atoms with Crippen LogP contribution in [-0.4, -0.2) is 0 Å². The smallest absolute Gasteiger partial charge is 0.143 e. The predicted molar refractivity (Wildman–Crippen MR) is 224 cm³/mol. The molecule has 1 aromatic heterocycles. The Hall–Kier alpha value is -6.64. The minimum absolute atomic E-state index is 0.165. The number of fused-ring (bicyclic) bond motifs is 13. The van der Waals surface area contributed by atoms with Crippen LogP contribution in [0.15, 0.2) is 180 Å². The summed E-state index contributed by atoms with van der Waals surface area (Å²) in [4.78, 5) is 2.42. The van der Waals surface area contributed by atoms with Crippen LogP contribution < -0.4 is 4.90 Å². The van der Waals surface area contributed by atoms with Gasteiger partial charge in [-0.3, -0.25) is 0 Å². The highest BCUT2D eigenvalue weighted by molar-refractivity contribution is 6.26. The summed E-state index contributed by atoms with van der Waals surface area (Å²) in [6.07, 6.45) is 0. The van der Waals surface area contributed by atoms with E-state index in [2.05, 4.69) is 195 Å². The quantitative estimate of drug-likeness (QED) is 0.172. The van der Waals surface area contributed by atoms with E-state index in [1.165, 1.54) is 65.7 Å². The molecule has 11 rings (SSSR count). The highest BCUT2D eigenvalue weighted by Gasteiger charge is 2.38. The predicted octanol–water partition coefficient (Wildman–Crippen LogP) is 14.5. The van der Waals surface area contributed by atoms with E-state index in [1.54, 1.807) is 0 Å². The third-order valence-corrected chi connectivity index (χ3v) is 11.6. The summed E-state index contributed by atoms with van der Waals surface area (Å²) in [5.41, 5.74) is 12.5. The molecule has 0 radical (unpaired) electrons. The minimum atomic E-state index is -0.165. The summed E-state index contributed by atoms with van der Waals surface area (Å²) in [6.45, 7) is 4.68. The molecule has 0 saturated carbocycles. The SMILES string of the molecule is CC1(C)c2ccc(N(c3ccc(-c4ccccc4)cc3)c3ccc4c5ccccc5c5ccccc5c4c3)cc2-c2c1ccc1c2oc2ccccc21. The van der Waals surface area contributed by atoms with Crippen molar-refractivity contribution in [3.8, 4) is 22.3 Å². The second-order valence-electron chi connectivity index (χ2n) is 14.9. The lowest BCUT2D eigenvalue weighted by Gasteiger charge is -2.28. The van der Waals surface area contributed by atoms with Crippen molar-refractivity contribution in [2.24, 2.45) is 0 Å². The van der Waals surface area contributed by atoms with E-state index >= 15 is 0 Å². The molecule has 0 unspecified atom stereocenters. The molecule has 0 bridgehead atoms. The average molecular weight is 678 g/mol. The number of hydrogen-bond donors (Lipinski definition) is 0. The van der Waals surface area contributed by atoms with Crippen molar-refractivity contribution in [1.29, 1.82) is 0 Å². The largest absolute Gasteiger partial charge is 0.455 e. The Kier molecular flexibility index (Phi) is 6.33. The van der Waals surface area contributed by atoms with Crippen molar-refractivity contribution in [1.82, 2.24) is 0 Å². The second-order valence-corrected chi connectivity index (χ2v) is 14.9. The Labute approximate surface area is 308 Å². The van der Waals surface area contributed by atoms with Gasteiger partial charge in [0.2, 0.25) is 0 Å². The highest BCUT2D eigenvalue weighted by atomic mass is 16.3. The minimum Gasteiger partial charge on any atom is -0.455 e. The first-order valence-electron chi connectivity index (χ1n) is 18.4. The van der Waals surface area contributed by atoms with Crippen LogP contribution in [-0.2, 0) is 5.41 Å². The van der Waals surface area contributed by atoms with E-state index in [0.717, 1.165) is 39.0 Å². The Morgan fingerprint density at radius 2 is 0.906 bits per heavy atom. The summed E-state index contributed by atoms with van der Waals surface area (Å²) >= 11 is 0. The number of hydrogen-bond acceptors (Lipinski definition) is 2. The van der Waals surface area contributed by atoms with Crippen LogP contribution in [0.4, 0.5) is 17.1 Å². The van der Waals surface area contributed by atoms with Gasteiger partial charge in [0, 0.05) is 38.8 Å². The number of benzene rings is 9. The molecule has 2 heteroatoms. The fourth-order valence-electron chi connectivity index (χ4n) is 9.06. The lowest BCUT2D eigenvalue weighted by molar-refractivity contribution is 0.653. The molecule has 10 aromatic rings. The van der Waals surface area contributed by atoms with E-state index in [9.17, 15) is 0 Å². The maximum atomic E-state index is 6.68. The van der Waals surface area contributed by atoms with Gasteiger partial charge in [0.05, 0.1) is 0 Å². The molecule has 53 heavy (non-hydrogen) atoms. The van der Waals surface area contributed by atoms with E-state index in [0.29, 0.717) is 0 Å². The van der Waals surface area contributed by atoms with Crippen LogP contribution in [0.5, 0.6) is 0 Å². The second kappa shape index (κ2) is 11.2. The lowest BCUT2D eigenvalue weighted by Crippen LogP contribution is -2.15. The summed E-state index contributed by atoms with van der Waals surface area (Å²) in [5, 5.41) is 9.93. The van der Waals surface area contributed by atoms with Gasteiger partial charge < -0.3 is 9.32 Å². The van der Waals surface area contributed by atoms with E-state index in [-0.39, 0.29) is 5.41 Å². The Balaban J connectivity index is 1.16. The van der Waals surface area contributed by atoms with Crippen molar-refractivity contribution in [2.75, 3.05) is 4.90 Å². The molecule has 0 saturated heterocycles. The first kappa shape index (κ1) is 30.0. The van der Waals surface area contributed by atoms with E-state index in [4.69, 9.17) is 4.42 Å². The molecular weight excluding hydrogens is 643 g/mol. The van der Waals surface area contributed by atoms with E-state index in [1.807, 2.05) is 0 Å². The third-order valence-electron chi connectivity index (χ3n) is 11.6. The average Bonchev–Trinajstić information content (AvgIpc) is 3.70. The van der Waals surface area contributed by atoms with Crippen molar-refractivity contribution >= 4 is 71.3 Å². The third kappa shape index (κ3) is 4.39. The molecule has 0 aliphatic heterocycles. The fraction of sp³-hybridized carbons (Fsp3) is 0.0588. The van der Waals surface area contributed by atoms with Crippen LogP contribution in [0.25, 0.3) is 76.5 Å². The summed E-state index contributed by atoms with van der Waals surface area (Å²) in [6, 6.07) is 64.2. The van der Waals surface area contributed by atoms with Crippen LogP contribution in [0.3, 0.4) is 0 Å². The molecule has 1 heterocycles. The maximum Gasteiger partial charge on any atom is 0.143 e. The van der Waals surface area contributed by atoms with E-state index < -0.39 is 0 Å². The number of anilines is 3. The first-order chi connectivity index (χ1) is 26.0. The van der Waals surface area contributed by atoms with Crippen LogP contribution in [0.2, 0.25) is 0 Å². The molecule has 0 amide bonds. The van der Waals surface area contributed by atoms with Gasteiger partial charge >= 0.3 is 0 Å². The highest BCUT2D eigenvalue weighted by Crippen LogP contribution is 2.54. The zero-order valence-electron chi connectivity index (χ0n) is 29.6. The van der Waals surface area contributed by atoms with Gasteiger partial charge in [0.1, 0.15) is 11.2 Å². The number of para-hydroxylation sites is 1. The van der Waals surface area contributed by atoms with Crippen molar-refractivity contribution < 1.29 is 4.42 Å². The fourth-order valence-corrected chi connectivity index (χ4v) is 9.06. The summed E-state index contributed by atoms with van der Waals surface area (Å²) < 4.78 is 6.68. The standard InChI is InChI=1S/C51H35NO/c1-51(2)46-28-25-36(31-45(46)49-47(51)29-27-43-42-18-10-11-19-48(42)53-50(43)49)52(34-22-20-33(21-23-34)32-12-4-3-5-13-32)35-24-26-41-39-16-7-6-14-37(39)38-15-8-9-17-40(38)44(41)30-35/h3-31H,1-2H3. The molecule has 0 N–H and O–H groups in total. The number of nitrogens with zero attached hydrogens (tertiary/aromatic N) is 1. The van der Waals surface area contributed by atoms with Crippen LogP contribution in [0.1, 0.15) is 25.0 Å². The zero-order chi connectivity index (χ0) is 35.3. The maximum absolute atomic E-state index is 6.68. The molecule has 1 aliphatic carbocycles. The van der Waals surface area contributed by atoms with Crippen LogP contribution in [0, 0.1) is 0 Å². The molecule has 0 atom stereocenters. The van der Waals surface area contributed by atoms with Gasteiger partial charge in [0.15, 0.2) is 0 Å². The first-order valence-corrected chi connectivity index (χ1v) is 18.4. The monoisotopic (exact) mass is 677 g/mol. The molecule has 2 nitrogen and oxygen atoms in total. The van der Waals surface area contributed by atoms with Crippen LogP contribution >= 0.6 is 0 Å². The van der Waals surface area contributed by atoms with Gasteiger partial charge in [-0.15, -0.1) is 0 Å². The molecule has 9 aromatic carbocycles. The molecule has 0 fully saturated rings. The Morgan fingerprint density at radius 1 is 0.396 bits per heavy atom. The normalized spacial score (nSPS) is 13.2. The van der Waals surface area contributed by atoms with Gasteiger partial charge in [0.25, 0.3) is 0 Å². The Morgan fingerprint density at radius 3 is 1.62 bits per heavy atom. The van der Waals surface area contributed by atoms with Gasteiger partial charge in [-0.2, -0.15) is 0 Å². The topological polar surface area (TPSA) is 16.4 Å². The van der Waals surface area contributed by atoms with Crippen molar-refractivity contribution in [3.05, 3.63) is 187 Å². The molecule has 250 valence electrons. The van der Waals surface area contributed by atoms with Gasteiger partial charge in [-0.05, 0) is 103 Å². The number of rotatable bonds is 4. The van der Waals surface area contributed by atoms with Gasteiger partial charge in [-0.25, -0.2) is 0 Å². The number of furan rings is 1. The Bertz CT molecular complexity index is 3040. The van der Waals surface area contributed by atoms with Gasteiger partial charge in [-0.1, -0.05) is 147 Å². The summed E-state index contributed by atoms with van der Waals surface area (Å²) in [5.74, 6) is 0. The molecule has 0 spiro atoms. The zero-order valence-corrected chi connectivity index (χ0v) is 29.6. The molecule has 1 aliphatic rings. The lowest BCUT2D eigenvalue weighted by atomic mass is 9.82. The van der Waals surface area contributed by atoms with Crippen molar-refractivity contribution in [2.45, 2.75) is 19.3 Å². The van der Waals surface area contributed by atoms with Crippen molar-refractivity contribution in [3.63, 3.8) is 0 Å².